The van der Waals surface area contributed by atoms with Crippen LogP contribution in [0.15, 0.2) is 69.6 Å². The first-order chi connectivity index (χ1) is 20.1. The topological polar surface area (TPSA) is 75.9 Å². The lowest BCUT2D eigenvalue weighted by molar-refractivity contribution is -0.127. The fraction of sp³-hybridized carbons (Fsp3) is 0.375. The monoisotopic (exact) mass is 735 g/mol. The molecular formula is C32H33Br2Cl2N3O3. The zero-order valence-electron chi connectivity index (χ0n) is 23.5. The van der Waals surface area contributed by atoms with E-state index in [0.29, 0.717) is 69.2 Å². The Kier molecular flexibility index (Phi) is 9.31. The van der Waals surface area contributed by atoms with Crippen molar-refractivity contribution in [3.05, 3.63) is 96.3 Å². The van der Waals surface area contributed by atoms with Crippen LogP contribution >= 0.6 is 55.1 Å². The van der Waals surface area contributed by atoms with E-state index in [1.54, 1.807) is 19.2 Å². The van der Waals surface area contributed by atoms with Crippen molar-refractivity contribution in [2.45, 2.75) is 43.1 Å². The number of carbonyl (C=O) groups excluding carboxylic acids is 2. The van der Waals surface area contributed by atoms with Crippen LogP contribution in [0, 0.1) is 0 Å². The number of likely N-dealkylation sites (tertiary alicyclic amines) is 2. The largest absolute Gasteiger partial charge is 0.494 e. The third-order valence-electron chi connectivity index (χ3n) is 9.18. The van der Waals surface area contributed by atoms with Gasteiger partial charge < -0.3 is 15.4 Å². The zero-order valence-corrected chi connectivity index (χ0v) is 28.2. The van der Waals surface area contributed by atoms with Crippen LogP contribution in [0.2, 0.25) is 10.0 Å². The fourth-order valence-corrected chi connectivity index (χ4v) is 8.74. The van der Waals surface area contributed by atoms with Crippen LogP contribution in [-0.4, -0.2) is 60.9 Å². The summed E-state index contributed by atoms with van der Waals surface area (Å²) in [5, 5.41) is 0.936. The lowest BCUT2D eigenvalue weighted by atomic mass is 9.61. The van der Waals surface area contributed by atoms with Crippen molar-refractivity contribution in [1.82, 2.24) is 9.80 Å². The molecule has 222 valence electrons. The lowest BCUT2D eigenvalue weighted by Crippen LogP contribution is -2.61. The third kappa shape index (κ3) is 5.50. The number of rotatable bonds is 7. The Morgan fingerprint density at radius 1 is 0.976 bits per heavy atom. The van der Waals surface area contributed by atoms with Crippen molar-refractivity contribution >= 4 is 66.9 Å². The van der Waals surface area contributed by atoms with Gasteiger partial charge in [-0.3, -0.25) is 14.5 Å². The number of benzene rings is 3. The first kappa shape index (κ1) is 31.3. The summed E-state index contributed by atoms with van der Waals surface area (Å²) in [7, 11) is 1.59. The van der Waals surface area contributed by atoms with Crippen molar-refractivity contribution in [1.29, 1.82) is 0 Å². The van der Waals surface area contributed by atoms with E-state index in [4.69, 9.17) is 33.7 Å². The number of carbonyl (C=O) groups is 2. The van der Waals surface area contributed by atoms with E-state index >= 15 is 0 Å². The summed E-state index contributed by atoms with van der Waals surface area (Å²) in [5.74, 6) is 0.226. The standard InChI is InChI=1S/C32H33Br2Cl2N3O3/c1-3-38-13-11-31(30(37)41,21-7-5-4-6-8-21)18-27(38)32(22-9-10-25(35)26(36)17-22)12-14-39(19-32)29(40)20-15-23(33)28(42-2)24(34)16-20/h4-10,15-17,27H,3,11-14,18-19H2,1-2H3,(H2,37,41). The van der Waals surface area contributed by atoms with E-state index in [1.807, 2.05) is 53.4 Å². The first-order valence-electron chi connectivity index (χ1n) is 13.9. The van der Waals surface area contributed by atoms with E-state index in [-0.39, 0.29) is 17.9 Å². The molecule has 3 aromatic rings. The van der Waals surface area contributed by atoms with Crippen molar-refractivity contribution in [2.75, 3.05) is 33.3 Å². The average Bonchev–Trinajstić information content (AvgIpc) is 3.44. The highest BCUT2D eigenvalue weighted by molar-refractivity contribution is 9.11. The van der Waals surface area contributed by atoms with E-state index in [1.165, 1.54) is 0 Å². The smallest absolute Gasteiger partial charge is 0.253 e. The highest BCUT2D eigenvalue weighted by Gasteiger charge is 2.55. The minimum absolute atomic E-state index is 0.0796. The van der Waals surface area contributed by atoms with E-state index in [0.717, 1.165) is 17.7 Å². The van der Waals surface area contributed by atoms with Gasteiger partial charge in [-0.05, 0) is 99.6 Å². The summed E-state index contributed by atoms with van der Waals surface area (Å²) in [6, 6.07) is 19.1. The molecule has 5 rings (SSSR count). The second-order valence-corrected chi connectivity index (χ2v) is 13.7. The second-order valence-electron chi connectivity index (χ2n) is 11.1. The summed E-state index contributed by atoms with van der Waals surface area (Å²) >= 11 is 20.0. The molecule has 2 aliphatic heterocycles. The number of amides is 2. The SMILES string of the molecule is CCN1CCC(C(N)=O)(c2ccccc2)CC1C1(c2ccc(Cl)c(Cl)c2)CCN(C(=O)c2cc(Br)c(OC)c(Br)c2)C1. The predicted molar refractivity (Wildman–Crippen MR) is 175 cm³/mol. The number of primary amides is 1. The maximum absolute atomic E-state index is 14.0. The maximum atomic E-state index is 14.0. The number of halogens is 4. The van der Waals surface area contributed by atoms with Gasteiger partial charge in [0, 0.05) is 30.1 Å². The molecule has 2 fully saturated rings. The molecule has 0 aromatic heterocycles. The number of likely N-dealkylation sites (N-methyl/N-ethyl adjacent to an activating group) is 1. The van der Waals surface area contributed by atoms with E-state index in [2.05, 4.69) is 43.7 Å². The van der Waals surface area contributed by atoms with Gasteiger partial charge in [0.2, 0.25) is 5.91 Å². The van der Waals surface area contributed by atoms with Crippen LogP contribution in [0.1, 0.15) is 47.7 Å². The molecule has 42 heavy (non-hydrogen) atoms. The van der Waals surface area contributed by atoms with Crippen LogP contribution in [-0.2, 0) is 15.6 Å². The van der Waals surface area contributed by atoms with Gasteiger partial charge in [-0.15, -0.1) is 0 Å². The highest BCUT2D eigenvalue weighted by Crippen LogP contribution is 2.49. The Labute approximate surface area is 273 Å². The van der Waals surface area contributed by atoms with Crippen molar-refractivity contribution in [3.63, 3.8) is 0 Å². The van der Waals surface area contributed by atoms with Gasteiger partial charge in [0.15, 0.2) is 0 Å². The molecule has 3 unspecified atom stereocenters. The molecule has 0 radical (unpaired) electrons. The normalized spacial score (nSPS) is 24.5. The zero-order chi connectivity index (χ0) is 30.2. The number of piperidine rings is 1. The molecule has 10 heteroatoms. The molecule has 3 atom stereocenters. The predicted octanol–water partition coefficient (Wildman–Crippen LogP) is 7.22. The minimum Gasteiger partial charge on any atom is -0.494 e. The van der Waals surface area contributed by atoms with Crippen LogP contribution in [0.25, 0.3) is 0 Å². The first-order valence-corrected chi connectivity index (χ1v) is 16.3. The second kappa shape index (κ2) is 12.5. The number of ether oxygens (including phenoxy) is 1. The number of nitrogens with two attached hydrogens (primary N) is 1. The summed E-state index contributed by atoms with van der Waals surface area (Å²) in [6.45, 7) is 4.64. The minimum atomic E-state index is -0.829. The molecule has 2 heterocycles. The van der Waals surface area contributed by atoms with Crippen LogP contribution in [0.3, 0.4) is 0 Å². The Hall–Kier alpha value is -2.10. The third-order valence-corrected chi connectivity index (χ3v) is 11.1. The average molecular weight is 738 g/mol. The molecule has 2 aliphatic rings. The summed E-state index contributed by atoms with van der Waals surface area (Å²) in [4.78, 5) is 31.7. The molecule has 3 aromatic carbocycles. The quantitative estimate of drug-likeness (QED) is 0.278. The van der Waals surface area contributed by atoms with E-state index in [9.17, 15) is 9.59 Å². The van der Waals surface area contributed by atoms with Crippen LogP contribution in [0.4, 0.5) is 0 Å². The number of hydrogen-bond donors (Lipinski definition) is 1. The molecule has 2 N–H and O–H groups in total. The molecule has 6 nitrogen and oxygen atoms in total. The molecule has 2 amide bonds. The fourth-order valence-electron chi connectivity index (χ4n) is 6.93. The molecule has 2 saturated heterocycles. The van der Waals surface area contributed by atoms with Crippen molar-refractivity contribution in [3.8, 4) is 5.75 Å². The highest BCUT2D eigenvalue weighted by atomic mass is 79.9. The Morgan fingerprint density at radius 3 is 2.26 bits per heavy atom. The summed E-state index contributed by atoms with van der Waals surface area (Å²) in [5.41, 5.74) is 7.37. The van der Waals surface area contributed by atoms with E-state index < -0.39 is 10.8 Å². The molecule has 0 saturated carbocycles. The van der Waals surface area contributed by atoms with Gasteiger partial charge in [-0.2, -0.15) is 0 Å². The molecule has 0 aliphatic carbocycles. The van der Waals surface area contributed by atoms with Crippen LogP contribution < -0.4 is 10.5 Å². The Morgan fingerprint density at radius 2 is 1.67 bits per heavy atom. The summed E-state index contributed by atoms with van der Waals surface area (Å²) < 4.78 is 6.82. The van der Waals surface area contributed by atoms with Crippen molar-refractivity contribution in [2.24, 2.45) is 5.73 Å². The Bertz CT molecular complexity index is 1480. The number of nitrogens with zero attached hydrogens (tertiary/aromatic N) is 2. The van der Waals surface area contributed by atoms with Gasteiger partial charge in [-0.25, -0.2) is 0 Å². The lowest BCUT2D eigenvalue weighted by Gasteiger charge is -2.52. The van der Waals surface area contributed by atoms with Gasteiger partial charge in [0.1, 0.15) is 5.75 Å². The maximum Gasteiger partial charge on any atom is 0.253 e. The van der Waals surface area contributed by atoms with Gasteiger partial charge in [0.25, 0.3) is 5.91 Å². The van der Waals surface area contributed by atoms with Crippen LogP contribution in [0.5, 0.6) is 5.75 Å². The van der Waals surface area contributed by atoms with Gasteiger partial charge in [0.05, 0.1) is 31.5 Å². The number of methoxy groups -OCH3 is 1. The Balaban J connectivity index is 1.60. The van der Waals surface area contributed by atoms with Gasteiger partial charge in [-0.1, -0.05) is 66.5 Å². The van der Waals surface area contributed by atoms with Crippen molar-refractivity contribution < 1.29 is 14.3 Å². The molecule has 0 bridgehead atoms. The summed E-state index contributed by atoms with van der Waals surface area (Å²) in [6.07, 6.45) is 1.85. The number of hydrogen-bond acceptors (Lipinski definition) is 4. The van der Waals surface area contributed by atoms with Gasteiger partial charge >= 0.3 is 0 Å². The molecular weight excluding hydrogens is 705 g/mol. The molecule has 0 spiro atoms.